The number of pyridine rings is 1. The molecule has 0 fully saturated rings. The van der Waals surface area contributed by atoms with Crippen molar-refractivity contribution in [3.63, 3.8) is 0 Å². The first-order valence-corrected chi connectivity index (χ1v) is 8.47. The van der Waals surface area contributed by atoms with Gasteiger partial charge in [-0.1, -0.05) is 0 Å². The van der Waals surface area contributed by atoms with Crippen LogP contribution in [0, 0.1) is 19.3 Å². The van der Waals surface area contributed by atoms with Gasteiger partial charge in [-0.3, -0.25) is 0 Å². The minimum absolute atomic E-state index is 0.768. The van der Waals surface area contributed by atoms with Crippen molar-refractivity contribution in [1.82, 2.24) is 0 Å². The van der Waals surface area contributed by atoms with Gasteiger partial charge in [0, 0.05) is 24.3 Å². The van der Waals surface area contributed by atoms with Crippen LogP contribution in [0.2, 0.25) is 0 Å². The lowest BCUT2D eigenvalue weighted by Gasteiger charge is -2.02. The third kappa shape index (κ3) is 7.78. The van der Waals surface area contributed by atoms with Crippen molar-refractivity contribution >= 4 is 6.21 Å². The average Bonchev–Trinajstić information content (AvgIpc) is 2.55. The number of unbranched alkanes of at least 4 members (excludes halogenated alkanes) is 3. The second kappa shape index (κ2) is 10.8. The molecule has 0 aliphatic carbocycles. The lowest BCUT2D eigenvalue weighted by Crippen LogP contribution is -2.33. The summed E-state index contributed by atoms with van der Waals surface area (Å²) in [6, 6.07) is 2.19. The van der Waals surface area contributed by atoms with Crippen molar-refractivity contribution in [2.75, 3.05) is 6.61 Å². The first kappa shape index (κ1) is 19.1. The molecule has 0 unspecified atom stereocenters. The molecule has 1 heterocycles. The summed E-state index contributed by atoms with van der Waals surface area (Å²) in [7, 11) is 0. The maximum atomic E-state index is 7.17. The molecule has 23 heavy (non-hydrogen) atoms. The monoisotopic (exact) mass is 315 g/mol. The number of hydrogen-bond acceptors (Lipinski definition) is 2. The van der Waals surface area contributed by atoms with E-state index in [2.05, 4.69) is 36.9 Å². The van der Waals surface area contributed by atoms with Crippen LogP contribution in [-0.2, 0) is 11.3 Å². The van der Waals surface area contributed by atoms with Gasteiger partial charge in [0.1, 0.15) is 6.54 Å². The summed E-state index contributed by atoms with van der Waals surface area (Å²) in [6.07, 6.45) is 14.2. The minimum atomic E-state index is 0.768. The fourth-order valence-electron chi connectivity index (χ4n) is 2.17. The first-order chi connectivity index (χ1) is 11.0. The van der Waals surface area contributed by atoms with Gasteiger partial charge in [-0.2, -0.15) is 0 Å². The van der Waals surface area contributed by atoms with Gasteiger partial charge in [0.15, 0.2) is 12.4 Å². The Morgan fingerprint density at radius 2 is 1.83 bits per heavy atom. The van der Waals surface area contributed by atoms with Gasteiger partial charge in [-0.05, 0) is 69.7 Å². The van der Waals surface area contributed by atoms with Crippen LogP contribution in [0.5, 0.6) is 0 Å². The third-order valence-corrected chi connectivity index (χ3v) is 4.18. The van der Waals surface area contributed by atoms with Crippen molar-refractivity contribution in [2.45, 2.75) is 59.9 Å². The molecule has 1 aromatic rings. The highest BCUT2D eigenvalue weighted by molar-refractivity contribution is 5.76. The summed E-state index contributed by atoms with van der Waals surface area (Å²) in [5.41, 5.74) is 4.75. The molecular formula is C20H31N2O+. The first-order valence-electron chi connectivity index (χ1n) is 8.47. The van der Waals surface area contributed by atoms with Crippen LogP contribution < -0.4 is 4.57 Å². The molecule has 0 radical (unpaired) electrons. The van der Waals surface area contributed by atoms with Crippen molar-refractivity contribution in [3.8, 4) is 0 Å². The van der Waals surface area contributed by atoms with E-state index in [9.17, 15) is 0 Å². The maximum absolute atomic E-state index is 7.17. The van der Waals surface area contributed by atoms with Gasteiger partial charge in [-0.15, -0.1) is 0 Å². The van der Waals surface area contributed by atoms with Crippen LogP contribution >= 0.6 is 0 Å². The molecule has 0 bridgehead atoms. The standard InChI is InChI=1S/C20H31N2O/c1-17-9-12-22(16-20(17)4)11-7-5-6-8-13-23-14-10-18(2)19(3)15-21/h9-10,12,14-16,21H,5-8,11,13H2,1-4H3/q+1/b14-10-,19-18-,21-15?. The van der Waals surface area contributed by atoms with E-state index in [1.54, 1.807) is 6.26 Å². The van der Waals surface area contributed by atoms with Crippen molar-refractivity contribution in [1.29, 1.82) is 5.41 Å². The van der Waals surface area contributed by atoms with Crippen LogP contribution in [0.15, 0.2) is 41.9 Å². The van der Waals surface area contributed by atoms with Crippen molar-refractivity contribution in [3.05, 3.63) is 53.1 Å². The summed E-state index contributed by atoms with van der Waals surface area (Å²) >= 11 is 0. The Kier molecular flexibility index (Phi) is 8.96. The van der Waals surface area contributed by atoms with E-state index >= 15 is 0 Å². The highest BCUT2D eigenvalue weighted by Gasteiger charge is 2.02. The van der Waals surface area contributed by atoms with Gasteiger partial charge in [-0.25, -0.2) is 4.57 Å². The predicted molar refractivity (Wildman–Crippen MR) is 96.8 cm³/mol. The zero-order chi connectivity index (χ0) is 17.1. The Labute approximate surface area is 141 Å². The zero-order valence-electron chi connectivity index (χ0n) is 15.1. The van der Waals surface area contributed by atoms with Gasteiger partial charge in [0.05, 0.1) is 12.9 Å². The third-order valence-electron chi connectivity index (χ3n) is 4.18. The Morgan fingerprint density at radius 1 is 1.09 bits per heavy atom. The molecule has 0 spiro atoms. The molecule has 1 rings (SSSR count). The molecule has 3 nitrogen and oxygen atoms in total. The van der Waals surface area contributed by atoms with E-state index in [4.69, 9.17) is 10.1 Å². The summed E-state index contributed by atoms with van der Waals surface area (Å²) in [5.74, 6) is 0. The molecule has 0 amide bonds. The lowest BCUT2D eigenvalue weighted by atomic mass is 10.1. The van der Waals surface area contributed by atoms with E-state index < -0.39 is 0 Å². The molecule has 1 N–H and O–H groups in total. The summed E-state index contributed by atoms with van der Waals surface area (Å²) < 4.78 is 7.78. The molecule has 0 atom stereocenters. The molecule has 0 aliphatic heterocycles. The maximum Gasteiger partial charge on any atom is 0.171 e. The van der Waals surface area contributed by atoms with Crippen molar-refractivity contribution < 1.29 is 9.30 Å². The zero-order valence-corrected chi connectivity index (χ0v) is 15.1. The average molecular weight is 315 g/mol. The Hall–Kier alpha value is -1.90. The molecule has 3 heteroatoms. The Balaban J connectivity index is 2.09. The van der Waals surface area contributed by atoms with Crippen LogP contribution in [0.25, 0.3) is 0 Å². The number of nitrogens with zero attached hydrogens (tertiary/aromatic N) is 1. The molecule has 1 aromatic heterocycles. The molecule has 126 valence electrons. The molecule has 0 saturated carbocycles. The van der Waals surface area contributed by atoms with Crippen LogP contribution in [0.1, 0.15) is 50.7 Å². The smallest absolute Gasteiger partial charge is 0.171 e. The van der Waals surface area contributed by atoms with Gasteiger partial charge in [0.25, 0.3) is 0 Å². The normalized spacial score (nSPS) is 12.3. The highest BCUT2D eigenvalue weighted by atomic mass is 16.5. The topological polar surface area (TPSA) is 37.0 Å². The van der Waals surface area contributed by atoms with Gasteiger partial charge >= 0.3 is 0 Å². The van der Waals surface area contributed by atoms with Crippen LogP contribution in [-0.4, -0.2) is 12.8 Å². The number of hydrogen-bond donors (Lipinski definition) is 1. The fourth-order valence-corrected chi connectivity index (χ4v) is 2.17. The lowest BCUT2D eigenvalue weighted by molar-refractivity contribution is -0.697. The largest absolute Gasteiger partial charge is 0.501 e. The molecule has 0 saturated heterocycles. The summed E-state index contributed by atoms with van der Waals surface area (Å²) in [5, 5.41) is 7.17. The number of aryl methyl sites for hydroxylation is 3. The van der Waals surface area contributed by atoms with Crippen molar-refractivity contribution in [2.24, 2.45) is 0 Å². The summed E-state index contributed by atoms with van der Waals surface area (Å²) in [6.45, 7) is 10.1. The Bertz CT molecular complexity index is 559. The van der Waals surface area contributed by atoms with Gasteiger partial charge in [0.2, 0.25) is 0 Å². The number of ether oxygens (including phenoxy) is 1. The molecule has 0 aromatic carbocycles. The second-order valence-electron chi connectivity index (χ2n) is 6.15. The molecule has 0 aliphatic rings. The van der Waals surface area contributed by atoms with Crippen LogP contribution in [0.3, 0.4) is 0 Å². The van der Waals surface area contributed by atoms with Crippen LogP contribution in [0.4, 0.5) is 0 Å². The summed E-state index contributed by atoms with van der Waals surface area (Å²) in [4.78, 5) is 0. The fraction of sp³-hybridized carbons (Fsp3) is 0.500. The van der Waals surface area contributed by atoms with E-state index in [0.29, 0.717) is 0 Å². The number of allylic oxidation sites excluding steroid dienone is 3. The van der Waals surface area contributed by atoms with Gasteiger partial charge < -0.3 is 10.1 Å². The van der Waals surface area contributed by atoms with E-state index in [0.717, 1.165) is 30.7 Å². The Morgan fingerprint density at radius 3 is 2.52 bits per heavy atom. The van der Waals surface area contributed by atoms with E-state index in [-0.39, 0.29) is 0 Å². The van der Waals surface area contributed by atoms with E-state index in [1.807, 2.05) is 19.9 Å². The number of rotatable bonds is 10. The highest BCUT2D eigenvalue weighted by Crippen LogP contribution is 2.05. The number of nitrogens with one attached hydrogen (secondary N) is 1. The predicted octanol–water partition coefficient (Wildman–Crippen LogP) is 4.67. The second-order valence-corrected chi connectivity index (χ2v) is 6.15. The molecular weight excluding hydrogens is 284 g/mol. The van der Waals surface area contributed by atoms with E-state index in [1.165, 1.54) is 36.6 Å². The minimum Gasteiger partial charge on any atom is -0.501 e. The SMILES string of the molecule is C/C(C=N)=C(C)/C=C\OCCCCCC[n+]1ccc(C)c(C)c1. The number of aromatic nitrogens is 1. The quantitative estimate of drug-likeness (QED) is 0.220.